The van der Waals surface area contributed by atoms with E-state index in [-0.39, 0.29) is 4.90 Å². The van der Waals surface area contributed by atoms with E-state index in [1.807, 2.05) is 11.8 Å². The van der Waals surface area contributed by atoms with Crippen LogP contribution in [0.4, 0.5) is 11.4 Å². The summed E-state index contributed by atoms with van der Waals surface area (Å²) in [7, 11) is -3.71. The summed E-state index contributed by atoms with van der Waals surface area (Å²) < 4.78 is 22.6. The molecule has 5 N–H and O–H groups in total. The third-order valence-corrected chi connectivity index (χ3v) is 5.11. The van der Waals surface area contributed by atoms with E-state index in [0.717, 1.165) is 6.54 Å². The summed E-state index contributed by atoms with van der Waals surface area (Å²) in [6.45, 7) is 0.818. The lowest BCUT2D eigenvalue weighted by molar-refractivity contribution is 0.598. The van der Waals surface area contributed by atoms with Crippen LogP contribution in [0.2, 0.25) is 0 Å². The minimum atomic E-state index is -3.71. The van der Waals surface area contributed by atoms with Crippen LogP contribution in [0.25, 0.3) is 0 Å². The number of nitrogen functional groups attached to an aromatic ring is 1. The molecule has 1 aliphatic heterocycles. The highest BCUT2D eigenvalue weighted by Crippen LogP contribution is 2.27. The minimum Gasteiger partial charge on any atom is -0.399 e. The first-order valence-electron chi connectivity index (χ1n) is 5.74. The summed E-state index contributed by atoms with van der Waals surface area (Å²) in [6, 6.07) is 4.60. The smallest absolute Gasteiger partial charge is 0.238 e. The molecular formula is C11H17N3O2S2. The van der Waals surface area contributed by atoms with Crippen molar-refractivity contribution in [3.8, 4) is 0 Å². The molecule has 0 bridgehead atoms. The van der Waals surface area contributed by atoms with Gasteiger partial charge in [-0.05, 0) is 36.8 Å². The van der Waals surface area contributed by atoms with Crippen LogP contribution in [0, 0.1) is 0 Å². The molecule has 0 saturated carbocycles. The topological polar surface area (TPSA) is 98.2 Å². The maximum absolute atomic E-state index is 11.3. The van der Waals surface area contributed by atoms with Crippen molar-refractivity contribution >= 4 is 33.2 Å². The van der Waals surface area contributed by atoms with Gasteiger partial charge in [-0.1, -0.05) is 0 Å². The van der Waals surface area contributed by atoms with Crippen molar-refractivity contribution in [1.82, 2.24) is 0 Å². The molecule has 0 spiro atoms. The number of benzene rings is 1. The van der Waals surface area contributed by atoms with Crippen LogP contribution in [0.5, 0.6) is 0 Å². The van der Waals surface area contributed by atoms with E-state index in [9.17, 15) is 8.42 Å². The normalized spacial score (nSPS) is 19.9. The second-order valence-electron chi connectivity index (χ2n) is 4.35. The van der Waals surface area contributed by atoms with Crippen molar-refractivity contribution in [1.29, 1.82) is 0 Å². The van der Waals surface area contributed by atoms with Gasteiger partial charge in [0.2, 0.25) is 10.0 Å². The van der Waals surface area contributed by atoms with Gasteiger partial charge < -0.3 is 11.1 Å². The fourth-order valence-electron chi connectivity index (χ4n) is 1.93. The Morgan fingerprint density at radius 1 is 1.39 bits per heavy atom. The van der Waals surface area contributed by atoms with Crippen molar-refractivity contribution in [3.63, 3.8) is 0 Å². The van der Waals surface area contributed by atoms with Crippen LogP contribution < -0.4 is 16.2 Å². The Hall–Kier alpha value is -0.920. The van der Waals surface area contributed by atoms with Crippen molar-refractivity contribution in [3.05, 3.63) is 18.2 Å². The molecule has 0 radical (unpaired) electrons. The van der Waals surface area contributed by atoms with Gasteiger partial charge in [0.25, 0.3) is 0 Å². The third kappa shape index (κ3) is 3.54. The van der Waals surface area contributed by atoms with Gasteiger partial charge in [-0.2, -0.15) is 11.8 Å². The van der Waals surface area contributed by atoms with Gasteiger partial charge >= 0.3 is 0 Å². The summed E-state index contributed by atoms with van der Waals surface area (Å²) in [5.74, 6) is 1.20. The molecule has 0 aromatic heterocycles. The van der Waals surface area contributed by atoms with E-state index in [0.29, 0.717) is 16.6 Å². The predicted molar refractivity (Wildman–Crippen MR) is 76.2 cm³/mol. The Labute approximate surface area is 111 Å². The highest BCUT2D eigenvalue weighted by atomic mass is 32.2. The van der Waals surface area contributed by atoms with E-state index >= 15 is 0 Å². The molecule has 1 heterocycles. The van der Waals surface area contributed by atoms with Gasteiger partial charge in [-0.25, -0.2) is 13.6 Å². The van der Waals surface area contributed by atoms with Gasteiger partial charge in [0.05, 0.1) is 4.90 Å². The van der Waals surface area contributed by atoms with E-state index in [1.165, 1.54) is 30.7 Å². The molecule has 5 nitrogen and oxygen atoms in total. The van der Waals surface area contributed by atoms with Crippen molar-refractivity contribution in [2.45, 2.75) is 23.0 Å². The Bertz CT molecular complexity index is 525. The van der Waals surface area contributed by atoms with Crippen LogP contribution in [0.3, 0.4) is 0 Å². The molecule has 0 amide bonds. The van der Waals surface area contributed by atoms with Gasteiger partial charge in [0, 0.05) is 23.2 Å². The summed E-state index contributed by atoms with van der Waals surface area (Å²) in [6.07, 6.45) is 2.44. The molecule has 1 aromatic rings. The van der Waals surface area contributed by atoms with Gasteiger partial charge in [-0.15, -0.1) is 0 Å². The zero-order valence-electron chi connectivity index (χ0n) is 9.93. The lowest BCUT2D eigenvalue weighted by Crippen LogP contribution is -2.16. The molecule has 2 rings (SSSR count). The van der Waals surface area contributed by atoms with Crippen molar-refractivity contribution < 1.29 is 8.42 Å². The molecule has 18 heavy (non-hydrogen) atoms. The molecular weight excluding hydrogens is 270 g/mol. The van der Waals surface area contributed by atoms with E-state index < -0.39 is 10.0 Å². The number of hydrogen-bond acceptors (Lipinski definition) is 5. The summed E-state index contributed by atoms with van der Waals surface area (Å²) in [5.41, 5.74) is 6.77. The first-order valence-corrected chi connectivity index (χ1v) is 8.33. The van der Waals surface area contributed by atoms with E-state index in [4.69, 9.17) is 10.9 Å². The van der Waals surface area contributed by atoms with Crippen LogP contribution in [0.15, 0.2) is 23.1 Å². The first-order chi connectivity index (χ1) is 8.45. The highest BCUT2D eigenvalue weighted by Gasteiger charge is 2.15. The zero-order valence-corrected chi connectivity index (χ0v) is 11.6. The number of anilines is 2. The quantitative estimate of drug-likeness (QED) is 0.723. The molecule has 1 aromatic carbocycles. The Balaban J connectivity index is 2.10. The fraction of sp³-hybridized carbons (Fsp3) is 0.455. The lowest BCUT2D eigenvalue weighted by atomic mass is 10.2. The molecule has 7 heteroatoms. The number of nitrogens with two attached hydrogens (primary N) is 2. The highest BCUT2D eigenvalue weighted by molar-refractivity contribution is 8.00. The Morgan fingerprint density at radius 3 is 2.78 bits per heavy atom. The van der Waals surface area contributed by atoms with Gasteiger partial charge in [-0.3, -0.25) is 0 Å². The second-order valence-corrected chi connectivity index (χ2v) is 7.32. The zero-order chi connectivity index (χ0) is 13.2. The summed E-state index contributed by atoms with van der Waals surface area (Å²) in [5, 5.41) is 8.90. The Morgan fingerprint density at radius 2 is 2.17 bits per heavy atom. The standard InChI is InChI=1S/C11H17N3O2S2/c12-8-4-9(6-11(5-8)18(13,15)16)14-7-10-2-1-3-17-10/h4-6,10,14H,1-3,7,12H2,(H2,13,15,16). The molecule has 1 aliphatic rings. The number of nitrogens with one attached hydrogen (secondary N) is 1. The maximum atomic E-state index is 11.3. The van der Waals surface area contributed by atoms with Crippen LogP contribution in [0.1, 0.15) is 12.8 Å². The van der Waals surface area contributed by atoms with Gasteiger partial charge in [0.1, 0.15) is 0 Å². The number of hydrogen-bond donors (Lipinski definition) is 3. The summed E-state index contributed by atoms with van der Waals surface area (Å²) in [4.78, 5) is 0.0454. The monoisotopic (exact) mass is 287 g/mol. The maximum Gasteiger partial charge on any atom is 0.238 e. The van der Waals surface area contributed by atoms with E-state index in [1.54, 1.807) is 6.07 Å². The first kappa shape index (κ1) is 13.5. The average Bonchev–Trinajstić information content (AvgIpc) is 2.77. The molecule has 1 unspecified atom stereocenters. The summed E-state index contributed by atoms with van der Waals surface area (Å²) >= 11 is 1.94. The molecule has 1 fully saturated rings. The van der Waals surface area contributed by atoms with Gasteiger partial charge in [0.15, 0.2) is 0 Å². The average molecular weight is 287 g/mol. The number of primary sulfonamides is 1. The number of sulfonamides is 1. The predicted octanol–water partition coefficient (Wildman–Crippen LogP) is 1.22. The van der Waals surface area contributed by atoms with Crippen LogP contribution in [-0.4, -0.2) is 26.0 Å². The van der Waals surface area contributed by atoms with Crippen molar-refractivity contribution in [2.24, 2.45) is 5.14 Å². The molecule has 0 aliphatic carbocycles. The lowest BCUT2D eigenvalue weighted by Gasteiger charge is -2.12. The molecule has 1 saturated heterocycles. The number of rotatable bonds is 4. The molecule has 100 valence electrons. The SMILES string of the molecule is Nc1cc(NCC2CCCS2)cc(S(N)(=O)=O)c1. The number of thioether (sulfide) groups is 1. The third-order valence-electron chi connectivity index (χ3n) is 2.82. The van der Waals surface area contributed by atoms with E-state index in [2.05, 4.69) is 5.32 Å². The largest absolute Gasteiger partial charge is 0.399 e. The molecule has 1 atom stereocenters. The van der Waals surface area contributed by atoms with Crippen LogP contribution >= 0.6 is 11.8 Å². The van der Waals surface area contributed by atoms with Crippen LogP contribution in [-0.2, 0) is 10.0 Å². The fourth-order valence-corrected chi connectivity index (χ4v) is 3.72. The van der Waals surface area contributed by atoms with Crippen molar-refractivity contribution in [2.75, 3.05) is 23.3 Å². The second kappa shape index (κ2) is 5.38. The minimum absolute atomic E-state index is 0.0454. The Kier molecular flexibility index (Phi) is 4.04.